The van der Waals surface area contributed by atoms with E-state index in [4.69, 9.17) is 11.6 Å². The summed E-state index contributed by atoms with van der Waals surface area (Å²) in [6.45, 7) is 1.85. The highest BCUT2D eigenvalue weighted by Gasteiger charge is 2.28. The molecule has 1 aromatic carbocycles. The van der Waals surface area contributed by atoms with Crippen molar-refractivity contribution in [2.24, 2.45) is 0 Å². The van der Waals surface area contributed by atoms with Crippen LogP contribution < -0.4 is 10.6 Å². The van der Waals surface area contributed by atoms with Gasteiger partial charge in [-0.1, -0.05) is 42.6 Å². The number of nitrogens with one attached hydrogen (secondary N) is 2. The summed E-state index contributed by atoms with van der Waals surface area (Å²) < 4.78 is 0. The number of hydrogen-bond donors (Lipinski definition) is 2. The van der Waals surface area contributed by atoms with Gasteiger partial charge in [0.15, 0.2) is 0 Å². The molecule has 2 amide bonds. The van der Waals surface area contributed by atoms with Crippen molar-refractivity contribution in [2.45, 2.75) is 56.7 Å². The molecule has 154 valence electrons. The quantitative estimate of drug-likeness (QED) is 0.758. The molecule has 0 bridgehead atoms. The van der Waals surface area contributed by atoms with Gasteiger partial charge in [-0.05, 0) is 55.0 Å². The molecule has 1 aromatic heterocycles. The third-order valence-corrected chi connectivity index (χ3v) is 6.36. The molecule has 1 saturated heterocycles. The Hall–Kier alpha value is -2.11. The summed E-state index contributed by atoms with van der Waals surface area (Å²) in [6, 6.07) is 12.9. The molecule has 4 rings (SSSR count). The van der Waals surface area contributed by atoms with Crippen molar-refractivity contribution < 1.29 is 4.79 Å². The normalized spacial score (nSPS) is 19.8. The molecule has 2 aliphatic rings. The Balaban J connectivity index is 1.39. The maximum atomic E-state index is 12.3. The van der Waals surface area contributed by atoms with Gasteiger partial charge in [0.05, 0.1) is 6.04 Å². The van der Waals surface area contributed by atoms with Gasteiger partial charge in [-0.25, -0.2) is 4.79 Å². The number of pyridine rings is 1. The van der Waals surface area contributed by atoms with Crippen LogP contribution in [0.5, 0.6) is 0 Å². The molecule has 6 heteroatoms. The van der Waals surface area contributed by atoms with E-state index in [0.29, 0.717) is 6.04 Å². The minimum Gasteiger partial charge on any atom is -0.335 e. The number of carbonyl (C=O) groups excluding carboxylic acids is 1. The zero-order chi connectivity index (χ0) is 20.1. The number of amides is 2. The lowest BCUT2D eigenvalue weighted by molar-refractivity contribution is 0.162. The third kappa shape index (κ3) is 5.28. The van der Waals surface area contributed by atoms with Gasteiger partial charge in [-0.2, -0.15) is 0 Å². The summed E-state index contributed by atoms with van der Waals surface area (Å²) in [6.07, 6.45) is 10.3. The monoisotopic (exact) mass is 412 g/mol. The topological polar surface area (TPSA) is 57.3 Å². The molecule has 1 atom stereocenters. The molecule has 0 radical (unpaired) electrons. The number of benzene rings is 1. The second-order valence-electron chi connectivity index (χ2n) is 8.15. The van der Waals surface area contributed by atoms with Gasteiger partial charge in [0.2, 0.25) is 0 Å². The van der Waals surface area contributed by atoms with Gasteiger partial charge >= 0.3 is 6.03 Å². The van der Waals surface area contributed by atoms with E-state index in [2.05, 4.69) is 38.7 Å². The molecule has 1 unspecified atom stereocenters. The summed E-state index contributed by atoms with van der Waals surface area (Å²) >= 11 is 6.10. The summed E-state index contributed by atoms with van der Waals surface area (Å²) in [5.74, 6) is 0. The lowest BCUT2D eigenvalue weighted by atomic mass is 9.95. The molecule has 0 spiro atoms. The Labute approximate surface area is 177 Å². The van der Waals surface area contributed by atoms with E-state index >= 15 is 0 Å². The predicted octanol–water partition coefficient (Wildman–Crippen LogP) is 4.53. The van der Waals surface area contributed by atoms with Gasteiger partial charge in [-0.3, -0.25) is 9.88 Å². The highest BCUT2D eigenvalue weighted by atomic mass is 35.5. The molecule has 2 fully saturated rings. The first-order chi connectivity index (χ1) is 14.2. The molecule has 1 aliphatic heterocycles. The fourth-order valence-electron chi connectivity index (χ4n) is 4.58. The second kappa shape index (κ2) is 9.59. The van der Waals surface area contributed by atoms with E-state index in [1.807, 2.05) is 30.6 Å². The van der Waals surface area contributed by atoms with Crippen LogP contribution in [0.4, 0.5) is 4.79 Å². The molecule has 2 heterocycles. The fourth-order valence-corrected chi connectivity index (χ4v) is 4.71. The van der Waals surface area contributed by atoms with Gasteiger partial charge < -0.3 is 10.6 Å². The molecule has 2 N–H and O–H groups in total. The smallest absolute Gasteiger partial charge is 0.315 e. The van der Waals surface area contributed by atoms with Crippen molar-refractivity contribution in [1.82, 2.24) is 20.5 Å². The zero-order valence-electron chi connectivity index (χ0n) is 16.7. The van der Waals surface area contributed by atoms with E-state index in [1.54, 1.807) is 0 Å². The average molecular weight is 413 g/mol. The number of rotatable bonds is 5. The summed E-state index contributed by atoms with van der Waals surface area (Å²) in [5.41, 5.74) is 2.40. The van der Waals surface area contributed by atoms with Gasteiger partial charge in [-0.15, -0.1) is 0 Å². The van der Waals surface area contributed by atoms with Crippen molar-refractivity contribution in [3.05, 3.63) is 64.9 Å². The number of halogens is 1. The Morgan fingerprint density at radius 1 is 0.966 bits per heavy atom. The standard InChI is InChI=1S/C23H29ClN4O/c24-19-9-7-17(8-10-19)22(18-4-3-13-25-16-18)28-14-11-21(12-15-28)27-23(29)26-20-5-1-2-6-20/h3-4,7-10,13,16,20-22H,1-2,5-6,11-12,14-15H2,(H2,26,27,29). The Kier molecular flexibility index (Phi) is 6.67. The largest absolute Gasteiger partial charge is 0.335 e. The summed E-state index contributed by atoms with van der Waals surface area (Å²) in [5, 5.41) is 7.06. The van der Waals surface area contributed by atoms with Crippen LogP contribution in [0.3, 0.4) is 0 Å². The lowest BCUT2D eigenvalue weighted by Gasteiger charge is -2.38. The van der Waals surface area contributed by atoms with Crippen molar-refractivity contribution >= 4 is 17.6 Å². The van der Waals surface area contributed by atoms with Crippen LogP contribution in [-0.2, 0) is 0 Å². The van der Waals surface area contributed by atoms with Crippen LogP contribution >= 0.6 is 11.6 Å². The average Bonchev–Trinajstić information content (AvgIpc) is 3.24. The van der Waals surface area contributed by atoms with E-state index in [-0.39, 0.29) is 18.1 Å². The molecule has 5 nitrogen and oxygen atoms in total. The summed E-state index contributed by atoms with van der Waals surface area (Å²) in [7, 11) is 0. The first-order valence-corrected chi connectivity index (χ1v) is 11.0. The third-order valence-electron chi connectivity index (χ3n) is 6.11. The van der Waals surface area contributed by atoms with Crippen LogP contribution in [-0.4, -0.2) is 41.1 Å². The zero-order valence-corrected chi connectivity index (χ0v) is 17.4. The van der Waals surface area contributed by atoms with E-state index in [1.165, 1.54) is 24.0 Å². The highest BCUT2D eigenvalue weighted by Crippen LogP contribution is 2.31. The molecule has 29 heavy (non-hydrogen) atoms. The van der Waals surface area contributed by atoms with Crippen LogP contribution in [0, 0.1) is 0 Å². The second-order valence-corrected chi connectivity index (χ2v) is 8.59. The molecule has 1 aliphatic carbocycles. The predicted molar refractivity (Wildman–Crippen MR) is 116 cm³/mol. The van der Waals surface area contributed by atoms with Crippen LogP contribution in [0.2, 0.25) is 5.02 Å². The summed E-state index contributed by atoms with van der Waals surface area (Å²) in [4.78, 5) is 19.1. The fraction of sp³-hybridized carbons (Fsp3) is 0.478. The van der Waals surface area contributed by atoms with Gasteiger partial charge in [0.25, 0.3) is 0 Å². The Morgan fingerprint density at radius 2 is 1.62 bits per heavy atom. The minimum absolute atomic E-state index is 0.00291. The van der Waals surface area contributed by atoms with Crippen molar-refractivity contribution in [1.29, 1.82) is 0 Å². The molecule has 1 saturated carbocycles. The SMILES string of the molecule is O=C(NC1CCCC1)NC1CCN(C(c2ccc(Cl)cc2)c2cccnc2)CC1. The van der Waals surface area contributed by atoms with Crippen LogP contribution in [0.25, 0.3) is 0 Å². The van der Waals surface area contributed by atoms with Gasteiger partial charge in [0.1, 0.15) is 0 Å². The van der Waals surface area contributed by atoms with E-state index < -0.39 is 0 Å². The van der Waals surface area contributed by atoms with E-state index in [9.17, 15) is 4.79 Å². The van der Waals surface area contributed by atoms with Crippen molar-refractivity contribution in [3.8, 4) is 0 Å². The number of hydrogen-bond acceptors (Lipinski definition) is 3. The Bertz CT molecular complexity index is 784. The maximum absolute atomic E-state index is 12.3. The van der Waals surface area contributed by atoms with Crippen molar-refractivity contribution in [3.63, 3.8) is 0 Å². The van der Waals surface area contributed by atoms with Crippen LogP contribution in [0.1, 0.15) is 55.7 Å². The Morgan fingerprint density at radius 3 is 2.24 bits per heavy atom. The number of aromatic nitrogens is 1. The van der Waals surface area contributed by atoms with Gasteiger partial charge in [0, 0.05) is 42.6 Å². The number of carbonyl (C=O) groups is 1. The number of urea groups is 1. The molecule has 2 aromatic rings. The van der Waals surface area contributed by atoms with Crippen LogP contribution in [0.15, 0.2) is 48.8 Å². The lowest BCUT2D eigenvalue weighted by Crippen LogP contribution is -2.50. The first kappa shape index (κ1) is 20.2. The van der Waals surface area contributed by atoms with E-state index in [0.717, 1.165) is 43.8 Å². The van der Waals surface area contributed by atoms with Crippen molar-refractivity contribution in [2.75, 3.05) is 13.1 Å². The minimum atomic E-state index is -0.00291. The first-order valence-electron chi connectivity index (χ1n) is 10.7. The maximum Gasteiger partial charge on any atom is 0.315 e. The molecular formula is C23H29ClN4O. The number of likely N-dealkylation sites (tertiary alicyclic amines) is 1. The molecular weight excluding hydrogens is 384 g/mol. The number of piperidine rings is 1. The highest BCUT2D eigenvalue weighted by molar-refractivity contribution is 6.30. The number of nitrogens with zero attached hydrogens (tertiary/aromatic N) is 2.